The van der Waals surface area contributed by atoms with Crippen molar-refractivity contribution in [3.63, 3.8) is 0 Å². The van der Waals surface area contributed by atoms with Gasteiger partial charge in [-0.1, -0.05) is 29.3 Å². The third-order valence-electron chi connectivity index (χ3n) is 5.77. The Morgan fingerprint density at radius 1 is 0.865 bits per heavy atom. The van der Waals surface area contributed by atoms with E-state index < -0.39 is 45.3 Å². The molecule has 2 aromatic rings. The van der Waals surface area contributed by atoms with E-state index in [0.29, 0.717) is 21.6 Å². The first-order chi connectivity index (χ1) is 16.8. The van der Waals surface area contributed by atoms with Crippen LogP contribution in [0.4, 0.5) is 13.2 Å². The quantitative estimate of drug-likeness (QED) is 0.200. The molecule has 1 aliphatic rings. The molecule has 2 aromatic carbocycles. The number of aryl methyl sites for hydroxylation is 2. The number of rotatable bonds is 5. The van der Waals surface area contributed by atoms with Crippen LogP contribution in [-0.4, -0.2) is 44.8 Å². The van der Waals surface area contributed by atoms with E-state index in [0.717, 1.165) is 17.9 Å². The van der Waals surface area contributed by atoms with Crippen molar-refractivity contribution in [1.29, 1.82) is 0 Å². The number of carbonyl (C=O) groups excluding carboxylic acids is 2. The number of aldehydes is 2. The third-order valence-corrected chi connectivity index (χ3v) is 7.36. The number of alkyl halides is 3. The van der Waals surface area contributed by atoms with Gasteiger partial charge in [0.1, 0.15) is 0 Å². The molecule has 0 bridgehead atoms. The van der Waals surface area contributed by atoms with Gasteiger partial charge in [-0.05, 0) is 76.3 Å². The Labute approximate surface area is 223 Å². The fourth-order valence-electron chi connectivity index (χ4n) is 3.14. The molecule has 0 unspecified atom stereocenters. The second kappa shape index (κ2) is 10.9. The predicted octanol–water partition coefficient (Wildman–Crippen LogP) is 5.45. The molecule has 0 aromatic heterocycles. The minimum Gasteiger partial charge on any atom is -0.399 e. The summed E-state index contributed by atoms with van der Waals surface area (Å²) in [6.07, 6.45) is 0.866. The van der Waals surface area contributed by atoms with Crippen molar-refractivity contribution in [1.82, 2.24) is 0 Å². The zero-order valence-electron chi connectivity index (χ0n) is 20.7. The van der Waals surface area contributed by atoms with Crippen molar-refractivity contribution in [2.24, 2.45) is 0 Å². The highest BCUT2D eigenvalue weighted by molar-refractivity contribution is 7.88. The van der Waals surface area contributed by atoms with Crippen LogP contribution in [0.1, 0.15) is 59.5 Å². The maximum absolute atomic E-state index is 12.1. The number of halogens is 5. The first kappa shape index (κ1) is 31.1. The summed E-state index contributed by atoms with van der Waals surface area (Å²) in [4.78, 5) is 21.9. The molecule has 0 atom stereocenters. The molecule has 37 heavy (non-hydrogen) atoms. The largest absolute Gasteiger partial charge is 0.534 e. The summed E-state index contributed by atoms with van der Waals surface area (Å²) in [5.74, 6) is -0.757. The Hall–Kier alpha value is -2.12. The smallest absolute Gasteiger partial charge is 0.399 e. The standard InChI is InChI=1S/C14H18BClO3.C9H6ClF3O4S/c1-9-6-11(10(8-17)12(16)7-9)15-18-13(2,3)14(4,5)19-15;1-5-2-7(10)6(4-14)8(3-5)17-18(15,16)9(11,12)13/h6-8H,1-5H3;2-4H,1H3. The fourth-order valence-corrected chi connectivity index (χ4v) is 4.24. The molecule has 1 heterocycles. The highest BCUT2D eigenvalue weighted by Gasteiger charge is 2.52. The van der Waals surface area contributed by atoms with Gasteiger partial charge in [0.25, 0.3) is 0 Å². The fraction of sp³-hybridized carbons (Fsp3) is 0.391. The van der Waals surface area contributed by atoms with E-state index in [1.165, 1.54) is 13.0 Å². The van der Waals surface area contributed by atoms with Gasteiger partial charge in [0, 0.05) is 5.56 Å². The molecule has 1 saturated heterocycles. The summed E-state index contributed by atoms with van der Waals surface area (Å²) in [5.41, 5.74) is -4.47. The Kier molecular flexibility index (Phi) is 9.19. The van der Waals surface area contributed by atoms with Gasteiger partial charge in [-0.25, -0.2) is 0 Å². The first-order valence-electron chi connectivity index (χ1n) is 10.6. The molecule has 1 aliphatic heterocycles. The van der Waals surface area contributed by atoms with Gasteiger partial charge in [-0.3, -0.25) is 9.59 Å². The monoisotopic (exact) mass is 582 g/mol. The van der Waals surface area contributed by atoms with Gasteiger partial charge in [0.05, 0.1) is 26.8 Å². The molecule has 3 rings (SSSR count). The molecule has 0 spiro atoms. The van der Waals surface area contributed by atoms with Crippen LogP contribution in [0.25, 0.3) is 0 Å². The average molecular weight is 583 g/mol. The summed E-state index contributed by atoms with van der Waals surface area (Å²) in [6.45, 7) is 11.3. The second-order valence-electron chi connectivity index (χ2n) is 9.22. The van der Waals surface area contributed by atoms with Crippen LogP contribution in [0.15, 0.2) is 24.3 Å². The first-order valence-corrected chi connectivity index (χ1v) is 12.8. The SMILES string of the molecule is Cc1cc(Cl)c(C=O)c(B2OC(C)(C)C(C)(C)O2)c1.Cc1cc(Cl)c(C=O)c(OS(=O)(=O)C(F)(F)F)c1. The van der Waals surface area contributed by atoms with Crippen LogP contribution in [-0.2, 0) is 19.4 Å². The molecular weight excluding hydrogens is 559 g/mol. The van der Waals surface area contributed by atoms with E-state index in [-0.39, 0.29) is 11.3 Å². The molecular formula is C23H24BCl2F3O7S. The Morgan fingerprint density at radius 2 is 1.30 bits per heavy atom. The van der Waals surface area contributed by atoms with E-state index in [1.54, 1.807) is 6.07 Å². The molecule has 0 N–H and O–H groups in total. The van der Waals surface area contributed by atoms with Crippen LogP contribution in [0.5, 0.6) is 5.75 Å². The van der Waals surface area contributed by atoms with Gasteiger partial charge >= 0.3 is 22.7 Å². The van der Waals surface area contributed by atoms with Crippen molar-refractivity contribution < 1.29 is 44.7 Å². The van der Waals surface area contributed by atoms with Crippen LogP contribution in [0, 0.1) is 13.8 Å². The lowest BCUT2D eigenvalue weighted by molar-refractivity contribution is -0.0500. The molecule has 0 radical (unpaired) electrons. The predicted molar refractivity (Wildman–Crippen MR) is 134 cm³/mol. The van der Waals surface area contributed by atoms with E-state index in [2.05, 4.69) is 4.18 Å². The summed E-state index contributed by atoms with van der Waals surface area (Å²) < 4.78 is 73.8. The van der Waals surface area contributed by atoms with E-state index in [4.69, 9.17) is 32.5 Å². The number of hydrogen-bond acceptors (Lipinski definition) is 7. The lowest BCUT2D eigenvalue weighted by Gasteiger charge is -2.32. The minimum atomic E-state index is -5.83. The number of carbonyl (C=O) groups is 2. The lowest BCUT2D eigenvalue weighted by atomic mass is 9.75. The molecule has 7 nitrogen and oxygen atoms in total. The Bertz CT molecular complexity index is 1300. The van der Waals surface area contributed by atoms with Crippen molar-refractivity contribution in [3.05, 3.63) is 56.6 Å². The summed E-state index contributed by atoms with van der Waals surface area (Å²) in [7, 11) is -6.40. The van der Waals surface area contributed by atoms with E-state index in [9.17, 15) is 31.2 Å². The third kappa shape index (κ3) is 6.86. The minimum absolute atomic E-state index is 0.114. The second-order valence-corrected chi connectivity index (χ2v) is 11.6. The van der Waals surface area contributed by atoms with Gasteiger partial charge in [-0.2, -0.15) is 21.6 Å². The maximum Gasteiger partial charge on any atom is 0.534 e. The van der Waals surface area contributed by atoms with Gasteiger partial charge < -0.3 is 13.5 Å². The number of benzene rings is 2. The van der Waals surface area contributed by atoms with Crippen molar-refractivity contribution in [2.75, 3.05) is 0 Å². The van der Waals surface area contributed by atoms with Crippen molar-refractivity contribution in [2.45, 2.75) is 58.3 Å². The molecule has 0 saturated carbocycles. The van der Waals surface area contributed by atoms with Crippen molar-refractivity contribution in [3.8, 4) is 5.75 Å². The van der Waals surface area contributed by atoms with E-state index >= 15 is 0 Å². The zero-order valence-corrected chi connectivity index (χ0v) is 23.0. The lowest BCUT2D eigenvalue weighted by Crippen LogP contribution is -2.41. The van der Waals surface area contributed by atoms with Gasteiger partial charge in [0.15, 0.2) is 18.3 Å². The van der Waals surface area contributed by atoms with Crippen LogP contribution < -0.4 is 9.65 Å². The summed E-state index contributed by atoms with van der Waals surface area (Å²) in [6, 6.07) is 5.91. The van der Waals surface area contributed by atoms with E-state index in [1.807, 2.05) is 40.7 Å². The van der Waals surface area contributed by atoms with Gasteiger partial charge in [-0.15, -0.1) is 0 Å². The average Bonchev–Trinajstić information content (AvgIpc) is 2.93. The Morgan fingerprint density at radius 3 is 1.73 bits per heavy atom. The summed E-state index contributed by atoms with van der Waals surface area (Å²) in [5, 5.41) is 0.233. The highest BCUT2D eigenvalue weighted by atomic mass is 35.5. The zero-order chi connectivity index (χ0) is 28.6. The number of hydrogen-bond donors (Lipinski definition) is 0. The van der Waals surface area contributed by atoms with Crippen LogP contribution in [0.3, 0.4) is 0 Å². The normalized spacial score (nSPS) is 16.6. The van der Waals surface area contributed by atoms with Crippen LogP contribution >= 0.6 is 23.2 Å². The summed E-state index contributed by atoms with van der Waals surface area (Å²) >= 11 is 11.7. The molecule has 1 fully saturated rings. The Balaban J connectivity index is 0.000000261. The molecule has 0 amide bonds. The molecule has 14 heteroatoms. The van der Waals surface area contributed by atoms with Crippen LogP contribution in [0.2, 0.25) is 10.0 Å². The molecule has 202 valence electrons. The van der Waals surface area contributed by atoms with Crippen molar-refractivity contribution >= 4 is 58.5 Å². The molecule has 0 aliphatic carbocycles. The highest BCUT2D eigenvalue weighted by Crippen LogP contribution is 2.37. The van der Waals surface area contributed by atoms with Gasteiger partial charge in [0.2, 0.25) is 0 Å². The maximum atomic E-state index is 12.1. The topological polar surface area (TPSA) is 96.0 Å².